The van der Waals surface area contributed by atoms with Gasteiger partial charge in [0.2, 0.25) is 5.88 Å². The number of H-pyrrole nitrogens is 1. The van der Waals surface area contributed by atoms with Crippen LogP contribution in [-0.2, 0) is 6.54 Å². The lowest BCUT2D eigenvalue weighted by Crippen LogP contribution is -2.25. The van der Waals surface area contributed by atoms with Crippen LogP contribution in [-0.4, -0.2) is 25.8 Å². The average Bonchev–Trinajstić information content (AvgIpc) is 3.11. The second-order valence-electron chi connectivity index (χ2n) is 8.06. The van der Waals surface area contributed by atoms with E-state index in [0.717, 1.165) is 18.4 Å². The molecule has 1 amide bonds. The van der Waals surface area contributed by atoms with Gasteiger partial charge >= 0.3 is 5.91 Å². The summed E-state index contributed by atoms with van der Waals surface area (Å²) in [6.07, 6.45) is 1.66. The van der Waals surface area contributed by atoms with E-state index in [-0.39, 0.29) is 22.8 Å². The number of unbranched alkanes of at least 4 members (excludes halogenated alkanes) is 1. The number of hydrogen-bond acceptors (Lipinski definition) is 5. The molecule has 2 heterocycles. The van der Waals surface area contributed by atoms with E-state index in [2.05, 4.69) is 34.2 Å². The normalized spacial score (nSPS) is 11.9. The van der Waals surface area contributed by atoms with Gasteiger partial charge in [-0.3, -0.25) is 9.59 Å². The van der Waals surface area contributed by atoms with Crippen LogP contribution in [0.2, 0.25) is 0 Å². The van der Waals surface area contributed by atoms with E-state index in [1.54, 1.807) is 24.3 Å². The zero-order chi connectivity index (χ0) is 22.8. The van der Waals surface area contributed by atoms with Crippen molar-refractivity contribution in [2.75, 3.05) is 0 Å². The van der Waals surface area contributed by atoms with Gasteiger partial charge in [-0.2, -0.15) is 5.10 Å². The van der Waals surface area contributed by atoms with Crippen LogP contribution < -0.4 is 5.56 Å². The van der Waals surface area contributed by atoms with Crippen LogP contribution in [0.25, 0.3) is 21.7 Å². The molecule has 2 aromatic carbocycles. The highest BCUT2D eigenvalue weighted by Crippen LogP contribution is 2.37. The standard InChI is InChI=1S/C24H25N5O3/c1-4-5-12-29-24(32)17-9-7-6-8-16(17)21(28-29)23(31)27-26-20-18-13-15(14(2)3)10-11-19(18)25-22(20)30/h6-11,13-14,25,30H,4-5,12H2,1-3H3. The van der Waals surface area contributed by atoms with Crippen molar-refractivity contribution < 1.29 is 9.90 Å². The fraction of sp³-hybridized carbons (Fsp3) is 0.292. The number of hydrogen-bond donors (Lipinski definition) is 2. The Morgan fingerprint density at radius 1 is 1.16 bits per heavy atom. The Labute approximate surface area is 184 Å². The average molecular weight is 431 g/mol. The molecule has 8 heteroatoms. The van der Waals surface area contributed by atoms with Crippen molar-refractivity contribution in [1.82, 2.24) is 14.8 Å². The molecule has 0 atom stereocenters. The first-order chi connectivity index (χ1) is 15.4. The molecule has 2 aromatic heterocycles. The molecule has 0 aliphatic rings. The molecule has 4 rings (SSSR count). The minimum absolute atomic E-state index is 0.0576. The van der Waals surface area contributed by atoms with Gasteiger partial charge in [-0.25, -0.2) is 4.68 Å². The van der Waals surface area contributed by atoms with E-state index in [9.17, 15) is 14.7 Å². The van der Waals surface area contributed by atoms with Crippen molar-refractivity contribution >= 4 is 33.3 Å². The summed E-state index contributed by atoms with van der Waals surface area (Å²) in [6, 6.07) is 12.6. The van der Waals surface area contributed by atoms with Crippen LogP contribution in [0, 0.1) is 0 Å². The number of amides is 1. The predicted octanol–water partition coefficient (Wildman–Crippen LogP) is 5.43. The number of aromatic amines is 1. The third-order valence-electron chi connectivity index (χ3n) is 5.48. The molecule has 2 N–H and O–H groups in total. The van der Waals surface area contributed by atoms with Crippen molar-refractivity contribution in [3.63, 3.8) is 0 Å². The third-order valence-corrected chi connectivity index (χ3v) is 5.48. The SMILES string of the molecule is CCCCn1nc(C(=O)N=Nc2c(O)[nH]c3ccc(C(C)C)cc23)c2ccccc2c1=O. The van der Waals surface area contributed by atoms with Crippen LogP contribution in [0.15, 0.2) is 57.5 Å². The minimum atomic E-state index is -0.680. The smallest absolute Gasteiger partial charge is 0.316 e. The summed E-state index contributed by atoms with van der Waals surface area (Å²) in [7, 11) is 0. The van der Waals surface area contributed by atoms with Gasteiger partial charge in [0.1, 0.15) is 0 Å². The number of nitrogens with zero attached hydrogens (tertiary/aromatic N) is 4. The molecule has 0 saturated carbocycles. The van der Waals surface area contributed by atoms with E-state index in [1.807, 2.05) is 25.1 Å². The minimum Gasteiger partial charge on any atom is -0.493 e. The number of carbonyl (C=O) groups excluding carboxylic acids is 1. The maximum atomic E-state index is 13.0. The molecule has 0 bridgehead atoms. The molecule has 0 radical (unpaired) electrons. The van der Waals surface area contributed by atoms with E-state index >= 15 is 0 Å². The van der Waals surface area contributed by atoms with Crippen LogP contribution in [0.3, 0.4) is 0 Å². The highest BCUT2D eigenvalue weighted by Gasteiger charge is 2.18. The number of aromatic hydroxyl groups is 1. The van der Waals surface area contributed by atoms with E-state index < -0.39 is 5.91 Å². The van der Waals surface area contributed by atoms with Gasteiger partial charge in [0.25, 0.3) is 5.56 Å². The molecule has 0 aliphatic carbocycles. The largest absolute Gasteiger partial charge is 0.493 e. The molecular weight excluding hydrogens is 406 g/mol. The van der Waals surface area contributed by atoms with Gasteiger partial charge in [-0.15, -0.1) is 10.2 Å². The molecular formula is C24H25N5O3. The van der Waals surface area contributed by atoms with Crippen molar-refractivity contribution in [2.24, 2.45) is 10.2 Å². The van der Waals surface area contributed by atoms with Gasteiger partial charge in [0.15, 0.2) is 11.4 Å². The van der Waals surface area contributed by atoms with Crippen LogP contribution >= 0.6 is 0 Å². The second kappa shape index (κ2) is 8.74. The molecule has 0 saturated heterocycles. The molecule has 32 heavy (non-hydrogen) atoms. The number of azo groups is 1. The molecule has 4 aromatic rings. The molecule has 0 spiro atoms. The Hall–Kier alpha value is -3.81. The van der Waals surface area contributed by atoms with Gasteiger partial charge in [-0.05, 0) is 36.1 Å². The summed E-state index contributed by atoms with van der Waals surface area (Å²) in [4.78, 5) is 28.6. The fourth-order valence-electron chi connectivity index (χ4n) is 3.64. The van der Waals surface area contributed by atoms with Crippen LogP contribution in [0.4, 0.5) is 5.69 Å². The maximum absolute atomic E-state index is 13.0. The molecule has 0 unspecified atom stereocenters. The highest BCUT2D eigenvalue weighted by molar-refractivity contribution is 6.05. The lowest BCUT2D eigenvalue weighted by atomic mass is 10.0. The van der Waals surface area contributed by atoms with Crippen molar-refractivity contribution in [3.8, 4) is 5.88 Å². The molecule has 0 aliphatic heterocycles. The predicted molar refractivity (Wildman–Crippen MR) is 124 cm³/mol. The fourth-order valence-corrected chi connectivity index (χ4v) is 3.64. The Balaban J connectivity index is 1.78. The van der Waals surface area contributed by atoms with Gasteiger partial charge in [0, 0.05) is 17.3 Å². The van der Waals surface area contributed by atoms with E-state index in [0.29, 0.717) is 34.1 Å². The van der Waals surface area contributed by atoms with Crippen LogP contribution in [0.1, 0.15) is 55.6 Å². The van der Waals surface area contributed by atoms with Crippen molar-refractivity contribution in [3.05, 3.63) is 64.1 Å². The number of nitrogens with one attached hydrogen (secondary N) is 1. The number of carbonyl (C=O) groups is 1. The van der Waals surface area contributed by atoms with E-state index in [4.69, 9.17) is 0 Å². The Bertz CT molecular complexity index is 1400. The molecule has 0 fully saturated rings. The van der Waals surface area contributed by atoms with Gasteiger partial charge in [0.05, 0.1) is 10.9 Å². The monoisotopic (exact) mass is 431 g/mol. The number of aromatic nitrogens is 3. The lowest BCUT2D eigenvalue weighted by Gasteiger charge is -2.08. The first-order valence-corrected chi connectivity index (χ1v) is 10.7. The Morgan fingerprint density at radius 3 is 2.62 bits per heavy atom. The maximum Gasteiger partial charge on any atom is 0.316 e. The summed E-state index contributed by atoms with van der Waals surface area (Å²) in [5.74, 6) is -0.550. The summed E-state index contributed by atoms with van der Waals surface area (Å²) in [6.45, 7) is 6.58. The number of rotatable bonds is 6. The first-order valence-electron chi connectivity index (χ1n) is 10.7. The summed E-state index contributed by atoms with van der Waals surface area (Å²) < 4.78 is 1.31. The number of benzene rings is 2. The topological polar surface area (TPSA) is 113 Å². The summed E-state index contributed by atoms with van der Waals surface area (Å²) in [5, 5.41) is 24.0. The zero-order valence-electron chi connectivity index (χ0n) is 18.3. The van der Waals surface area contributed by atoms with Crippen molar-refractivity contribution in [2.45, 2.75) is 46.1 Å². The summed E-state index contributed by atoms with van der Waals surface area (Å²) in [5.41, 5.74) is 1.79. The van der Waals surface area contributed by atoms with Gasteiger partial charge < -0.3 is 10.1 Å². The highest BCUT2D eigenvalue weighted by atomic mass is 16.3. The molecule has 8 nitrogen and oxygen atoms in total. The van der Waals surface area contributed by atoms with Gasteiger partial charge in [-0.1, -0.05) is 51.5 Å². The number of aryl methyl sites for hydroxylation is 1. The Morgan fingerprint density at radius 2 is 1.91 bits per heavy atom. The molecule has 164 valence electrons. The third kappa shape index (κ3) is 3.91. The first kappa shape index (κ1) is 21.4. The Kier molecular flexibility index (Phi) is 5.85. The van der Waals surface area contributed by atoms with Crippen LogP contribution in [0.5, 0.6) is 5.88 Å². The summed E-state index contributed by atoms with van der Waals surface area (Å²) >= 11 is 0. The quantitative estimate of drug-likeness (QED) is 0.396. The zero-order valence-corrected chi connectivity index (χ0v) is 18.3. The number of fused-ring (bicyclic) bond motifs is 2. The van der Waals surface area contributed by atoms with Crippen molar-refractivity contribution in [1.29, 1.82) is 0 Å². The van der Waals surface area contributed by atoms with E-state index in [1.165, 1.54) is 4.68 Å². The second-order valence-corrected chi connectivity index (χ2v) is 8.06. The lowest BCUT2D eigenvalue weighted by molar-refractivity contribution is 0.0989.